The van der Waals surface area contributed by atoms with E-state index in [9.17, 15) is 4.79 Å². The molecule has 0 bridgehead atoms. The number of carboxylic acid groups (broad SMARTS) is 1. The summed E-state index contributed by atoms with van der Waals surface area (Å²) >= 11 is 0. The third-order valence-corrected chi connectivity index (χ3v) is 2.44. The Bertz CT molecular complexity index is 206. The first-order chi connectivity index (χ1) is 7.09. The molecule has 3 atom stereocenters. The number of aliphatic hydroxyl groups is 2. The van der Waals surface area contributed by atoms with Gasteiger partial charge in [-0.15, -0.1) is 0 Å². The Balaban J connectivity index is 0.000000162. The van der Waals surface area contributed by atoms with E-state index in [4.69, 9.17) is 15.3 Å². The van der Waals surface area contributed by atoms with Crippen LogP contribution in [0.3, 0.4) is 0 Å². The van der Waals surface area contributed by atoms with E-state index in [0.717, 1.165) is 19.5 Å². The van der Waals surface area contributed by atoms with Gasteiger partial charge in [0.25, 0.3) is 0 Å². The number of hydrogen-bond donors (Lipinski definition) is 5. The Kier molecular flexibility index (Phi) is 4.97. The monoisotopic (exact) mass is 218 g/mol. The van der Waals surface area contributed by atoms with Gasteiger partial charge in [-0.2, -0.15) is 0 Å². The molecule has 5 N–H and O–H groups in total. The van der Waals surface area contributed by atoms with E-state index >= 15 is 0 Å². The van der Waals surface area contributed by atoms with Crippen molar-refractivity contribution in [1.29, 1.82) is 0 Å². The number of carboxylic acids is 1. The number of rotatable bonds is 1. The second-order valence-corrected chi connectivity index (χ2v) is 3.84. The number of nitrogens with one attached hydrogen (secondary N) is 2. The highest BCUT2D eigenvalue weighted by Crippen LogP contribution is 2.05. The highest BCUT2D eigenvalue weighted by atomic mass is 16.4. The van der Waals surface area contributed by atoms with Crippen LogP contribution in [0.1, 0.15) is 12.8 Å². The molecule has 2 heterocycles. The second kappa shape index (κ2) is 6.02. The highest BCUT2D eigenvalue weighted by molar-refractivity contribution is 5.73. The minimum Gasteiger partial charge on any atom is -0.480 e. The third kappa shape index (κ3) is 4.57. The van der Waals surface area contributed by atoms with E-state index in [0.29, 0.717) is 13.0 Å². The molecule has 0 aliphatic carbocycles. The summed E-state index contributed by atoms with van der Waals surface area (Å²) in [6, 6.07) is -0.542. The first-order valence-corrected chi connectivity index (χ1v) is 5.12. The van der Waals surface area contributed by atoms with E-state index in [-0.39, 0.29) is 6.10 Å². The molecule has 2 aliphatic rings. The van der Waals surface area contributed by atoms with Crippen LogP contribution in [-0.4, -0.2) is 59.2 Å². The molecule has 0 radical (unpaired) electrons. The van der Waals surface area contributed by atoms with Gasteiger partial charge in [0, 0.05) is 19.5 Å². The van der Waals surface area contributed by atoms with Gasteiger partial charge >= 0.3 is 5.97 Å². The van der Waals surface area contributed by atoms with Crippen molar-refractivity contribution in [1.82, 2.24) is 10.6 Å². The average Bonchev–Trinajstić information content (AvgIpc) is 2.77. The summed E-state index contributed by atoms with van der Waals surface area (Å²) in [5.41, 5.74) is 0. The minimum absolute atomic E-state index is 0.0648. The molecule has 0 amide bonds. The molecule has 0 aromatic rings. The maximum atomic E-state index is 10.2. The highest BCUT2D eigenvalue weighted by Gasteiger charge is 2.27. The average molecular weight is 218 g/mol. The zero-order chi connectivity index (χ0) is 11.3. The zero-order valence-corrected chi connectivity index (χ0v) is 8.52. The molecule has 0 saturated carbocycles. The Labute approximate surface area is 88.3 Å². The van der Waals surface area contributed by atoms with Crippen molar-refractivity contribution in [3.63, 3.8) is 0 Å². The van der Waals surface area contributed by atoms with Gasteiger partial charge in [-0.3, -0.25) is 4.79 Å². The molecule has 15 heavy (non-hydrogen) atoms. The van der Waals surface area contributed by atoms with Crippen molar-refractivity contribution in [2.24, 2.45) is 0 Å². The van der Waals surface area contributed by atoms with Gasteiger partial charge < -0.3 is 26.0 Å². The molecular weight excluding hydrogens is 200 g/mol. The lowest BCUT2D eigenvalue weighted by Crippen LogP contribution is -2.29. The summed E-state index contributed by atoms with van der Waals surface area (Å²) in [6.45, 7) is 2.18. The van der Waals surface area contributed by atoms with E-state index in [1.165, 1.54) is 0 Å². The molecule has 0 aromatic heterocycles. The molecule has 6 heteroatoms. The summed E-state index contributed by atoms with van der Waals surface area (Å²) in [5.74, 6) is -0.883. The lowest BCUT2D eigenvalue weighted by atomic mass is 10.2. The molecule has 2 fully saturated rings. The molecule has 6 nitrogen and oxygen atoms in total. The van der Waals surface area contributed by atoms with Crippen LogP contribution >= 0.6 is 0 Å². The van der Waals surface area contributed by atoms with Gasteiger partial charge in [0.05, 0.1) is 12.2 Å². The lowest BCUT2D eigenvalue weighted by Gasteiger charge is -1.99. The first kappa shape index (κ1) is 12.4. The number of aliphatic carboxylic acids is 1. The van der Waals surface area contributed by atoms with Crippen molar-refractivity contribution >= 4 is 5.97 Å². The van der Waals surface area contributed by atoms with Crippen LogP contribution in [0.15, 0.2) is 0 Å². The van der Waals surface area contributed by atoms with E-state index in [1.54, 1.807) is 0 Å². The fourth-order valence-corrected chi connectivity index (χ4v) is 1.54. The largest absolute Gasteiger partial charge is 0.480 e. The third-order valence-electron chi connectivity index (χ3n) is 2.44. The van der Waals surface area contributed by atoms with Crippen LogP contribution in [-0.2, 0) is 4.79 Å². The summed E-state index contributed by atoms with van der Waals surface area (Å²) in [4.78, 5) is 10.2. The Hall–Kier alpha value is -0.690. The Morgan fingerprint density at radius 2 is 1.93 bits per heavy atom. The van der Waals surface area contributed by atoms with Gasteiger partial charge in [0.1, 0.15) is 6.04 Å². The van der Waals surface area contributed by atoms with Crippen LogP contribution in [0.2, 0.25) is 0 Å². The standard InChI is InChI=1S/C5H9NO3.C4H9NO/c7-3-1-4(5(8)9)6-2-3;6-4-1-2-5-3-4/h3-4,6-7H,1-2H2,(H,8,9);4-6H,1-3H2/t3?,4-;4-/m01/s1. The van der Waals surface area contributed by atoms with Gasteiger partial charge in [-0.05, 0) is 13.0 Å². The number of carbonyl (C=O) groups is 1. The maximum absolute atomic E-state index is 10.2. The lowest BCUT2D eigenvalue weighted by molar-refractivity contribution is -0.139. The number of aliphatic hydroxyl groups excluding tert-OH is 2. The van der Waals surface area contributed by atoms with Gasteiger partial charge in [0.2, 0.25) is 0 Å². The number of β-amino-alcohol motifs (C(OH)–C–C–N with tert-alkyl or cyclic N) is 2. The molecule has 0 aromatic carbocycles. The molecule has 2 rings (SSSR count). The summed E-state index contributed by atoms with van der Waals surface area (Å²) in [7, 11) is 0. The van der Waals surface area contributed by atoms with Crippen molar-refractivity contribution in [3.8, 4) is 0 Å². The summed E-state index contributed by atoms with van der Waals surface area (Å²) in [5, 5.41) is 31.5. The van der Waals surface area contributed by atoms with Crippen LogP contribution in [0.5, 0.6) is 0 Å². The maximum Gasteiger partial charge on any atom is 0.320 e. The van der Waals surface area contributed by atoms with Crippen LogP contribution < -0.4 is 10.6 Å². The minimum atomic E-state index is -0.883. The summed E-state index contributed by atoms with van der Waals surface area (Å²) in [6.07, 6.45) is 0.714. The summed E-state index contributed by atoms with van der Waals surface area (Å²) < 4.78 is 0. The van der Waals surface area contributed by atoms with Crippen LogP contribution in [0.4, 0.5) is 0 Å². The van der Waals surface area contributed by atoms with Gasteiger partial charge in [-0.1, -0.05) is 0 Å². The molecular formula is C9H18N2O4. The Morgan fingerprint density at radius 1 is 1.20 bits per heavy atom. The van der Waals surface area contributed by atoms with E-state index in [2.05, 4.69) is 10.6 Å². The number of hydrogen-bond acceptors (Lipinski definition) is 5. The molecule has 1 unspecified atom stereocenters. The van der Waals surface area contributed by atoms with E-state index in [1.807, 2.05) is 0 Å². The SMILES string of the molecule is O=C(O)[C@@H]1CC(O)CN1.O[C@@H]1CCNC1. The molecule has 2 aliphatic heterocycles. The van der Waals surface area contributed by atoms with Crippen molar-refractivity contribution in [2.75, 3.05) is 19.6 Å². The fraction of sp³-hybridized carbons (Fsp3) is 0.889. The van der Waals surface area contributed by atoms with Crippen LogP contribution in [0.25, 0.3) is 0 Å². The Morgan fingerprint density at radius 3 is 2.13 bits per heavy atom. The van der Waals surface area contributed by atoms with E-state index < -0.39 is 18.1 Å². The van der Waals surface area contributed by atoms with Gasteiger partial charge in [0.15, 0.2) is 0 Å². The predicted octanol–water partition coefficient (Wildman–Crippen LogP) is -1.87. The smallest absolute Gasteiger partial charge is 0.320 e. The van der Waals surface area contributed by atoms with Crippen molar-refractivity contribution < 1.29 is 20.1 Å². The van der Waals surface area contributed by atoms with Gasteiger partial charge in [-0.25, -0.2) is 0 Å². The van der Waals surface area contributed by atoms with Crippen LogP contribution in [0, 0.1) is 0 Å². The zero-order valence-electron chi connectivity index (χ0n) is 8.52. The topological polar surface area (TPSA) is 102 Å². The predicted molar refractivity (Wildman–Crippen MR) is 53.5 cm³/mol. The van der Waals surface area contributed by atoms with Crippen molar-refractivity contribution in [3.05, 3.63) is 0 Å². The first-order valence-electron chi connectivity index (χ1n) is 5.12. The van der Waals surface area contributed by atoms with Crippen molar-refractivity contribution in [2.45, 2.75) is 31.1 Å². The quantitative estimate of drug-likeness (QED) is 0.353. The molecule has 2 saturated heterocycles. The normalized spacial score (nSPS) is 34.7. The molecule has 88 valence electrons. The fourth-order valence-electron chi connectivity index (χ4n) is 1.54. The molecule has 0 spiro atoms. The second-order valence-electron chi connectivity index (χ2n) is 3.84.